The van der Waals surface area contributed by atoms with Crippen molar-refractivity contribution in [3.05, 3.63) is 35.2 Å². The second-order valence-corrected chi connectivity index (χ2v) is 10.4. The smallest absolute Gasteiger partial charge is 0.494 e. The summed E-state index contributed by atoms with van der Waals surface area (Å²) in [5, 5.41) is 2.35. The highest BCUT2D eigenvalue weighted by Crippen LogP contribution is 2.44. The van der Waals surface area contributed by atoms with E-state index in [1.165, 1.54) is 19.2 Å². The summed E-state index contributed by atoms with van der Waals surface area (Å²) < 4.78 is 79.3. The third-order valence-electron chi connectivity index (χ3n) is 4.56. The standard InChI is InChI=1S/C22H23F3N2O8S/c1-11(2)33-20(29)17-19(32-6)16-15-13(8-7-9-14(15)34-36(30,31)22(23,24)25)27(35-21(3,4)5)18(16)12(10-28)26-17/h7-9,11,26H,1-6H3. The molecular formula is C22H23F3N2O8S. The fourth-order valence-corrected chi connectivity index (χ4v) is 3.86. The highest BCUT2D eigenvalue weighted by atomic mass is 32.2. The average molecular weight is 532 g/mol. The minimum absolute atomic E-state index is 0.0207. The Morgan fingerprint density at radius 3 is 2.31 bits per heavy atom. The zero-order chi connectivity index (χ0) is 27.2. The monoisotopic (exact) mass is 532 g/mol. The third kappa shape index (κ3) is 4.86. The molecule has 196 valence electrons. The van der Waals surface area contributed by atoms with Crippen molar-refractivity contribution in [3.8, 4) is 5.75 Å². The lowest BCUT2D eigenvalue weighted by Crippen LogP contribution is -2.35. The lowest BCUT2D eigenvalue weighted by molar-refractivity contribution is -0.143. The quantitative estimate of drug-likeness (QED) is 0.259. The van der Waals surface area contributed by atoms with E-state index >= 15 is 0 Å². The number of hydrogen-bond donors (Lipinski definition) is 1. The van der Waals surface area contributed by atoms with Crippen LogP contribution in [0.2, 0.25) is 0 Å². The number of nitrogens with one attached hydrogen (secondary N) is 1. The number of hydrogen-bond acceptors (Lipinski definition) is 9. The SMILES string of the molecule is COC1=C(C(=O)OC(C)C)NC(=C=O)c2c1c1c(OS(=O)(=O)C(F)(F)F)cccc1n2OC(C)(C)C. The van der Waals surface area contributed by atoms with Gasteiger partial charge in [-0.05, 0) is 46.8 Å². The van der Waals surface area contributed by atoms with Crippen molar-refractivity contribution in [1.29, 1.82) is 0 Å². The molecule has 1 aromatic carbocycles. The molecule has 2 heterocycles. The zero-order valence-electron chi connectivity index (χ0n) is 20.1. The number of fused-ring (bicyclic) bond motifs is 3. The molecule has 3 rings (SSSR count). The fraction of sp³-hybridized carbons (Fsp3) is 0.409. The molecule has 10 nitrogen and oxygen atoms in total. The van der Waals surface area contributed by atoms with Crippen LogP contribution in [0.15, 0.2) is 23.9 Å². The van der Waals surface area contributed by atoms with E-state index in [1.807, 2.05) is 0 Å². The average Bonchev–Trinajstić information content (AvgIpc) is 3.05. The van der Waals surface area contributed by atoms with E-state index in [2.05, 4.69) is 9.50 Å². The molecule has 0 fully saturated rings. The lowest BCUT2D eigenvalue weighted by Gasteiger charge is -2.26. The van der Waals surface area contributed by atoms with Gasteiger partial charge < -0.3 is 23.8 Å². The summed E-state index contributed by atoms with van der Waals surface area (Å²) in [6, 6.07) is 3.62. The summed E-state index contributed by atoms with van der Waals surface area (Å²) in [5.74, 6) is -0.299. The second-order valence-electron chi connectivity index (χ2n) is 8.82. The van der Waals surface area contributed by atoms with Crippen molar-refractivity contribution in [3.63, 3.8) is 0 Å². The van der Waals surface area contributed by atoms with Gasteiger partial charge in [-0.15, -0.1) is 0 Å². The minimum atomic E-state index is -6.08. The van der Waals surface area contributed by atoms with Gasteiger partial charge in [-0.1, -0.05) is 6.07 Å². The van der Waals surface area contributed by atoms with Gasteiger partial charge in [0, 0.05) is 0 Å². The molecule has 0 atom stereocenters. The Hall–Kier alpha value is -3.64. The highest BCUT2D eigenvalue weighted by Gasteiger charge is 2.49. The number of nitrogens with zero attached hydrogens (tertiary/aromatic N) is 1. The van der Waals surface area contributed by atoms with Crippen LogP contribution in [0, 0.1) is 0 Å². The summed E-state index contributed by atoms with van der Waals surface area (Å²) in [5.41, 5.74) is -7.54. The van der Waals surface area contributed by atoms with Crippen molar-refractivity contribution in [2.75, 3.05) is 7.11 Å². The molecule has 1 aliphatic rings. The predicted molar refractivity (Wildman–Crippen MR) is 121 cm³/mol. The van der Waals surface area contributed by atoms with E-state index in [1.54, 1.807) is 40.6 Å². The maximum atomic E-state index is 13.1. The molecule has 0 bridgehead atoms. The summed E-state index contributed by atoms with van der Waals surface area (Å²) in [7, 11) is -4.91. The Kier molecular flexibility index (Phi) is 6.81. The third-order valence-corrected chi connectivity index (χ3v) is 5.52. The maximum absolute atomic E-state index is 13.1. The molecule has 0 radical (unpaired) electrons. The lowest BCUT2D eigenvalue weighted by atomic mass is 10.0. The number of aromatic nitrogens is 1. The largest absolute Gasteiger partial charge is 0.534 e. The van der Waals surface area contributed by atoms with Crippen LogP contribution in [0.4, 0.5) is 13.2 Å². The van der Waals surface area contributed by atoms with Crippen LogP contribution in [-0.2, 0) is 29.2 Å². The molecule has 1 aromatic heterocycles. The number of methoxy groups -OCH3 is 1. The number of halogens is 3. The Morgan fingerprint density at radius 2 is 1.81 bits per heavy atom. The van der Waals surface area contributed by atoms with Gasteiger partial charge in [-0.2, -0.15) is 26.3 Å². The van der Waals surface area contributed by atoms with Gasteiger partial charge in [0.25, 0.3) is 0 Å². The zero-order valence-corrected chi connectivity index (χ0v) is 20.9. The molecule has 2 aromatic rings. The number of rotatable bonds is 6. The molecule has 1 aliphatic heterocycles. The summed E-state index contributed by atoms with van der Waals surface area (Å²) >= 11 is 0. The normalized spacial score (nSPS) is 14.3. The van der Waals surface area contributed by atoms with Gasteiger partial charge in [0.15, 0.2) is 28.8 Å². The van der Waals surface area contributed by atoms with E-state index in [0.717, 1.165) is 10.8 Å². The molecule has 0 unspecified atom stereocenters. The first kappa shape index (κ1) is 27.0. The van der Waals surface area contributed by atoms with Crippen LogP contribution < -0.4 is 14.3 Å². The van der Waals surface area contributed by atoms with Crippen LogP contribution in [-0.4, -0.2) is 49.4 Å². The molecule has 14 heteroatoms. The van der Waals surface area contributed by atoms with Crippen molar-refractivity contribution in [2.45, 2.75) is 51.8 Å². The number of carbonyl (C=O) groups is 1. The number of ether oxygens (including phenoxy) is 2. The van der Waals surface area contributed by atoms with E-state index < -0.39 is 39.1 Å². The molecular weight excluding hydrogens is 509 g/mol. The molecule has 1 N–H and O–H groups in total. The van der Waals surface area contributed by atoms with Crippen molar-refractivity contribution in [2.24, 2.45) is 0 Å². The van der Waals surface area contributed by atoms with Gasteiger partial charge in [0.1, 0.15) is 11.3 Å². The van der Waals surface area contributed by atoms with Crippen LogP contribution >= 0.6 is 0 Å². The van der Waals surface area contributed by atoms with Crippen molar-refractivity contribution >= 4 is 44.4 Å². The van der Waals surface area contributed by atoms with Crippen LogP contribution in [0.5, 0.6) is 5.75 Å². The van der Waals surface area contributed by atoms with Gasteiger partial charge in [-0.3, -0.25) is 0 Å². The van der Waals surface area contributed by atoms with Crippen LogP contribution in [0.1, 0.15) is 45.9 Å². The van der Waals surface area contributed by atoms with Crippen molar-refractivity contribution < 1.29 is 49.7 Å². The summed E-state index contributed by atoms with van der Waals surface area (Å²) in [4.78, 5) is 30.7. The van der Waals surface area contributed by atoms with Crippen LogP contribution in [0.25, 0.3) is 22.4 Å². The molecule has 36 heavy (non-hydrogen) atoms. The second kappa shape index (κ2) is 9.10. The Balaban J connectivity index is 2.49. The Morgan fingerprint density at radius 1 is 1.17 bits per heavy atom. The molecule has 0 spiro atoms. The molecule has 0 aliphatic carbocycles. The van der Waals surface area contributed by atoms with Gasteiger partial charge in [-0.25, -0.2) is 9.59 Å². The number of benzene rings is 1. The van der Waals surface area contributed by atoms with E-state index in [-0.39, 0.29) is 39.3 Å². The Labute approximate surface area is 204 Å². The van der Waals surface area contributed by atoms with Crippen molar-refractivity contribution in [1.82, 2.24) is 10.0 Å². The predicted octanol–water partition coefficient (Wildman–Crippen LogP) is 3.14. The first-order chi connectivity index (χ1) is 16.5. The summed E-state index contributed by atoms with van der Waals surface area (Å²) in [6.07, 6.45) is -0.573. The number of carbonyl (C=O) groups excluding carboxylic acids is 2. The van der Waals surface area contributed by atoms with Gasteiger partial charge >= 0.3 is 21.6 Å². The Bertz CT molecular complexity index is 1410. The van der Waals surface area contributed by atoms with E-state index in [0.29, 0.717) is 0 Å². The van der Waals surface area contributed by atoms with Gasteiger partial charge in [0.2, 0.25) is 0 Å². The van der Waals surface area contributed by atoms with E-state index in [4.69, 9.17) is 14.3 Å². The number of alkyl halides is 3. The molecule has 0 saturated carbocycles. The number of esters is 1. The first-order valence-electron chi connectivity index (χ1n) is 10.4. The fourth-order valence-electron chi connectivity index (χ4n) is 3.39. The van der Waals surface area contributed by atoms with Gasteiger partial charge in [0.05, 0.1) is 29.7 Å². The minimum Gasteiger partial charge on any atom is -0.494 e. The highest BCUT2D eigenvalue weighted by molar-refractivity contribution is 7.88. The van der Waals surface area contributed by atoms with E-state index in [9.17, 15) is 31.2 Å². The van der Waals surface area contributed by atoms with Crippen LogP contribution in [0.3, 0.4) is 0 Å². The topological polar surface area (TPSA) is 122 Å². The maximum Gasteiger partial charge on any atom is 0.534 e. The summed E-state index contributed by atoms with van der Waals surface area (Å²) in [6.45, 7) is 8.15. The molecule has 0 saturated heterocycles. The first-order valence-corrected chi connectivity index (χ1v) is 11.8. The molecule has 0 amide bonds.